The molecular weight excluding hydrogens is 490 g/mol. The highest BCUT2D eigenvalue weighted by molar-refractivity contribution is 6.09. The van der Waals surface area contributed by atoms with E-state index in [1.807, 2.05) is 80.1 Å². The van der Waals surface area contributed by atoms with Crippen LogP contribution in [-0.2, 0) is 11.8 Å². The van der Waals surface area contributed by atoms with E-state index in [4.69, 9.17) is 10.5 Å². The highest BCUT2D eigenvalue weighted by atomic mass is 16.5. The molecule has 1 amide bonds. The van der Waals surface area contributed by atoms with Gasteiger partial charge in [-0.1, -0.05) is 30.8 Å². The van der Waals surface area contributed by atoms with Crippen LogP contribution in [0.3, 0.4) is 0 Å². The number of nitrogen functional groups attached to an aromatic ring is 1. The van der Waals surface area contributed by atoms with E-state index in [-0.39, 0.29) is 11.9 Å². The standard InChI is InChI=1S/C30H27N7O2/c1-17-15-19(3)37(29(17)38)22-9-5-21(6-10-22)26-24(25-27(31)33-16-34-28(25)36(26)4)20-7-11-23(12-8-20)39-30-32-14-13-18(2)35-30/h5-14,16,19H,1,15H2,2-4H3,(H2,31,33,34). The Morgan fingerprint density at radius 2 is 1.72 bits per heavy atom. The van der Waals surface area contributed by atoms with Crippen molar-refractivity contribution >= 4 is 28.4 Å². The fourth-order valence-corrected chi connectivity index (χ4v) is 5.22. The summed E-state index contributed by atoms with van der Waals surface area (Å²) < 4.78 is 7.87. The van der Waals surface area contributed by atoms with E-state index >= 15 is 0 Å². The van der Waals surface area contributed by atoms with Crippen LogP contribution in [0.5, 0.6) is 11.8 Å². The van der Waals surface area contributed by atoms with Crippen molar-refractivity contribution in [3.63, 3.8) is 0 Å². The third-order valence-electron chi connectivity index (χ3n) is 7.04. The SMILES string of the molecule is C=C1CC(C)N(c2ccc(-c3c(-c4ccc(Oc5nccc(C)n5)cc4)c4c(N)ncnc4n3C)cc2)C1=O. The van der Waals surface area contributed by atoms with Gasteiger partial charge in [-0.05, 0) is 61.7 Å². The zero-order valence-corrected chi connectivity index (χ0v) is 21.9. The molecule has 0 aliphatic carbocycles. The van der Waals surface area contributed by atoms with Gasteiger partial charge in [0.15, 0.2) is 0 Å². The number of nitrogens with two attached hydrogens (primary N) is 1. The molecule has 0 bridgehead atoms. The number of hydrogen-bond donors (Lipinski definition) is 1. The predicted octanol–water partition coefficient (Wildman–Crippen LogP) is 5.46. The van der Waals surface area contributed by atoms with Gasteiger partial charge in [-0.25, -0.2) is 19.9 Å². The minimum absolute atomic E-state index is 0.0260. The Morgan fingerprint density at radius 3 is 2.38 bits per heavy atom. The van der Waals surface area contributed by atoms with Gasteiger partial charge in [0, 0.05) is 41.8 Å². The molecule has 5 aromatic rings. The molecule has 0 radical (unpaired) electrons. The van der Waals surface area contributed by atoms with Crippen molar-refractivity contribution in [2.45, 2.75) is 26.3 Å². The number of amides is 1. The Labute approximate surface area is 225 Å². The third-order valence-corrected chi connectivity index (χ3v) is 7.04. The molecule has 1 fully saturated rings. The topological polar surface area (TPSA) is 112 Å². The number of rotatable bonds is 5. The van der Waals surface area contributed by atoms with Gasteiger partial charge in [-0.3, -0.25) is 4.79 Å². The van der Waals surface area contributed by atoms with Crippen LogP contribution in [0.25, 0.3) is 33.4 Å². The number of nitrogens with zero attached hydrogens (tertiary/aromatic N) is 6. The summed E-state index contributed by atoms with van der Waals surface area (Å²) in [5.74, 6) is 0.990. The Hall–Kier alpha value is -5.05. The maximum absolute atomic E-state index is 12.7. The van der Waals surface area contributed by atoms with E-state index in [2.05, 4.69) is 26.5 Å². The molecule has 1 unspecified atom stereocenters. The zero-order valence-electron chi connectivity index (χ0n) is 21.9. The van der Waals surface area contributed by atoms with E-state index in [0.717, 1.165) is 44.8 Å². The average molecular weight is 518 g/mol. The largest absolute Gasteiger partial charge is 0.424 e. The molecule has 194 valence electrons. The molecule has 9 heteroatoms. The number of aryl methyl sites for hydroxylation is 2. The summed E-state index contributed by atoms with van der Waals surface area (Å²) in [7, 11) is 1.96. The fourth-order valence-electron chi connectivity index (χ4n) is 5.22. The number of benzene rings is 2. The first-order chi connectivity index (χ1) is 18.8. The number of ether oxygens (including phenoxy) is 1. The molecule has 3 aromatic heterocycles. The van der Waals surface area contributed by atoms with Crippen LogP contribution >= 0.6 is 0 Å². The first-order valence-electron chi connectivity index (χ1n) is 12.6. The van der Waals surface area contributed by atoms with Crippen molar-refractivity contribution in [2.24, 2.45) is 7.05 Å². The predicted molar refractivity (Wildman–Crippen MR) is 151 cm³/mol. The first kappa shape index (κ1) is 24.3. The summed E-state index contributed by atoms with van der Waals surface area (Å²) >= 11 is 0. The zero-order chi connectivity index (χ0) is 27.3. The Kier molecular flexibility index (Phi) is 5.83. The van der Waals surface area contributed by atoms with E-state index in [1.165, 1.54) is 6.33 Å². The van der Waals surface area contributed by atoms with Gasteiger partial charge in [-0.15, -0.1) is 0 Å². The van der Waals surface area contributed by atoms with Gasteiger partial charge in [0.2, 0.25) is 0 Å². The maximum Gasteiger partial charge on any atom is 0.322 e. The summed E-state index contributed by atoms with van der Waals surface area (Å²) in [5.41, 5.74) is 13.2. The lowest BCUT2D eigenvalue weighted by Gasteiger charge is -2.21. The maximum atomic E-state index is 12.7. The van der Waals surface area contributed by atoms with Gasteiger partial charge in [-0.2, -0.15) is 0 Å². The molecule has 4 heterocycles. The third kappa shape index (κ3) is 4.17. The second kappa shape index (κ2) is 9.36. The summed E-state index contributed by atoms with van der Waals surface area (Å²) in [6, 6.07) is 17.9. The number of fused-ring (bicyclic) bond motifs is 1. The van der Waals surface area contributed by atoms with Crippen molar-refractivity contribution in [3.8, 4) is 34.1 Å². The van der Waals surface area contributed by atoms with Crippen LogP contribution in [0.4, 0.5) is 11.5 Å². The Morgan fingerprint density at radius 1 is 1.00 bits per heavy atom. The monoisotopic (exact) mass is 517 g/mol. The number of hydrogen-bond acceptors (Lipinski definition) is 7. The molecule has 9 nitrogen and oxygen atoms in total. The molecule has 1 aliphatic heterocycles. The van der Waals surface area contributed by atoms with Gasteiger partial charge in [0.25, 0.3) is 5.91 Å². The molecule has 1 atom stereocenters. The van der Waals surface area contributed by atoms with E-state index in [1.54, 1.807) is 11.1 Å². The fraction of sp³-hybridized carbons (Fsp3) is 0.167. The average Bonchev–Trinajstić information content (AvgIpc) is 3.37. The van der Waals surface area contributed by atoms with Crippen LogP contribution in [0.2, 0.25) is 0 Å². The number of anilines is 2. The van der Waals surface area contributed by atoms with Gasteiger partial charge >= 0.3 is 6.01 Å². The van der Waals surface area contributed by atoms with Gasteiger partial charge in [0.05, 0.1) is 11.1 Å². The lowest BCUT2D eigenvalue weighted by Crippen LogP contribution is -2.30. The van der Waals surface area contributed by atoms with E-state index < -0.39 is 0 Å². The summed E-state index contributed by atoms with van der Waals surface area (Å²) in [6.45, 7) is 7.84. The summed E-state index contributed by atoms with van der Waals surface area (Å²) in [6.07, 6.45) is 3.81. The van der Waals surface area contributed by atoms with Gasteiger partial charge < -0.3 is 19.9 Å². The van der Waals surface area contributed by atoms with Crippen LogP contribution in [0, 0.1) is 6.92 Å². The molecule has 2 aromatic carbocycles. The highest BCUT2D eigenvalue weighted by Crippen LogP contribution is 2.42. The molecule has 1 saturated heterocycles. The Bertz CT molecular complexity index is 1740. The number of carbonyl (C=O) groups is 1. The minimum Gasteiger partial charge on any atom is -0.424 e. The second-order valence-electron chi connectivity index (χ2n) is 9.73. The summed E-state index contributed by atoms with van der Waals surface area (Å²) in [4.78, 5) is 31.7. The van der Waals surface area contributed by atoms with Gasteiger partial charge in [0.1, 0.15) is 23.5 Å². The van der Waals surface area contributed by atoms with E-state index in [9.17, 15) is 4.79 Å². The van der Waals surface area contributed by atoms with Crippen molar-refractivity contribution in [3.05, 3.63) is 85.0 Å². The lowest BCUT2D eigenvalue weighted by molar-refractivity contribution is -0.114. The quantitative estimate of drug-likeness (QED) is 0.308. The molecule has 6 rings (SSSR count). The molecule has 0 spiro atoms. The first-order valence-corrected chi connectivity index (χ1v) is 12.6. The van der Waals surface area contributed by atoms with Crippen LogP contribution in [0.15, 0.2) is 79.3 Å². The van der Waals surface area contributed by atoms with Crippen LogP contribution in [-0.4, -0.2) is 36.5 Å². The smallest absolute Gasteiger partial charge is 0.322 e. The van der Waals surface area contributed by atoms with Crippen molar-refractivity contribution in [1.82, 2.24) is 24.5 Å². The lowest BCUT2D eigenvalue weighted by atomic mass is 9.98. The molecular formula is C30H27N7O2. The Balaban J connectivity index is 1.43. The molecule has 0 saturated carbocycles. The van der Waals surface area contributed by atoms with Crippen LogP contribution in [0.1, 0.15) is 19.0 Å². The van der Waals surface area contributed by atoms with Crippen LogP contribution < -0.4 is 15.4 Å². The molecule has 1 aliphatic rings. The second-order valence-corrected chi connectivity index (χ2v) is 9.73. The molecule has 2 N–H and O–H groups in total. The number of carbonyl (C=O) groups excluding carboxylic acids is 1. The minimum atomic E-state index is -0.0260. The van der Waals surface area contributed by atoms with Crippen molar-refractivity contribution < 1.29 is 9.53 Å². The molecule has 39 heavy (non-hydrogen) atoms. The highest BCUT2D eigenvalue weighted by Gasteiger charge is 2.32. The summed E-state index contributed by atoms with van der Waals surface area (Å²) in [5, 5.41) is 0.773. The van der Waals surface area contributed by atoms with Crippen molar-refractivity contribution in [1.29, 1.82) is 0 Å². The van der Waals surface area contributed by atoms with E-state index in [0.29, 0.717) is 29.6 Å². The van der Waals surface area contributed by atoms with Crippen molar-refractivity contribution in [2.75, 3.05) is 10.6 Å². The number of aromatic nitrogens is 5. The normalized spacial score (nSPS) is 15.4.